The summed E-state index contributed by atoms with van der Waals surface area (Å²) in [6.45, 7) is 6.44. The normalized spacial score (nSPS) is 21.6. The van der Waals surface area contributed by atoms with Crippen molar-refractivity contribution < 1.29 is 0 Å². The third-order valence-electron chi connectivity index (χ3n) is 2.17. The quantitative estimate of drug-likeness (QED) is 0.576. The first-order chi connectivity index (χ1) is 6.50. The van der Waals surface area contributed by atoms with Crippen molar-refractivity contribution in [3.8, 4) is 0 Å². The van der Waals surface area contributed by atoms with Crippen LogP contribution < -0.4 is 0 Å². The van der Waals surface area contributed by atoms with Gasteiger partial charge in [0.1, 0.15) is 0 Å². The first kappa shape index (κ1) is 9.21. The maximum atomic E-state index is 4.23. The second kappa shape index (κ2) is 2.81. The summed E-state index contributed by atoms with van der Waals surface area (Å²) in [7, 11) is 1.97. The molecule has 76 valence electrons. The van der Waals surface area contributed by atoms with E-state index in [1.54, 1.807) is 17.5 Å². The van der Waals surface area contributed by atoms with Gasteiger partial charge in [0.25, 0.3) is 0 Å². The van der Waals surface area contributed by atoms with Gasteiger partial charge in [-0.2, -0.15) is 10.2 Å². The van der Waals surface area contributed by atoms with Crippen LogP contribution in [0.1, 0.15) is 20.8 Å². The Balaban J connectivity index is 2.30. The highest BCUT2D eigenvalue weighted by atomic mass is 16.0. The molecule has 0 saturated heterocycles. The van der Waals surface area contributed by atoms with Gasteiger partial charge in [0.2, 0.25) is 0 Å². The molecule has 0 amide bonds. The van der Waals surface area contributed by atoms with E-state index in [0.29, 0.717) is 0 Å². The molecule has 5 nitrogen and oxygen atoms in total. The molecule has 0 N–H and O–H groups in total. The molecule has 14 heavy (non-hydrogen) atoms. The molecule has 2 heterocycles. The van der Waals surface area contributed by atoms with E-state index >= 15 is 0 Å². The number of hydrazine groups is 2. The Morgan fingerprint density at radius 2 is 1.93 bits per heavy atom. The van der Waals surface area contributed by atoms with Gasteiger partial charge in [0.05, 0.1) is 12.4 Å². The van der Waals surface area contributed by atoms with Crippen molar-refractivity contribution in [2.45, 2.75) is 26.3 Å². The van der Waals surface area contributed by atoms with Crippen molar-refractivity contribution in [3.63, 3.8) is 0 Å². The van der Waals surface area contributed by atoms with Gasteiger partial charge in [-0.25, -0.2) is 4.99 Å². The number of hydrogen-bond donors (Lipinski definition) is 0. The zero-order valence-corrected chi connectivity index (χ0v) is 8.97. The second-order valence-corrected chi connectivity index (χ2v) is 4.32. The third-order valence-corrected chi connectivity index (χ3v) is 2.17. The molecular formula is C9H15N5. The van der Waals surface area contributed by atoms with Crippen LogP contribution in [0, 0.1) is 0 Å². The fourth-order valence-corrected chi connectivity index (χ4v) is 1.53. The van der Waals surface area contributed by atoms with Crippen molar-refractivity contribution >= 4 is 12.4 Å². The molecule has 0 bridgehead atoms. The number of nitrogens with zero attached hydrogens (tertiary/aromatic N) is 5. The lowest BCUT2D eigenvalue weighted by molar-refractivity contribution is -0.131. The number of hydrogen-bond acceptors (Lipinski definition) is 5. The lowest BCUT2D eigenvalue weighted by Gasteiger charge is -2.38. The van der Waals surface area contributed by atoms with E-state index in [1.165, 1.54) is 0 Å². The molecular weight excluding hydrogens is 178 g/mol. The van der Waals surface area contributed by atoms with E-state index in [9.17, 15) is 0 Å². The molecule has 0 fully saturated rings. The summed E-state index contributed by atoms with van der Waals surface area (Å²) in [6.07, 6.45) is 5.37. The van der Waals surface area contributed by atoms with Crippen LogP contribution in [0.5, 0.6) is 0 Å². The van der Waals surface area contributed by atoms with Crippen LogP contribution >= 0.6 is 0 Å². The lowest BCUT2D eigenvalue weighted by Crippen LogP contribution is -2.49. The van der Waals surface area contributed by atoms with Crippen LogP contribution in [0.2, 0.25) is 0 Å². The highest BCUT2D eigenvalue weighted by molar-refractivity contribution is 6.16. The SMILES string of the molecule is CN1N2N=CC=NC2=CN1C(C)(C)C. The summed E-state index contributed by atoms with van der Waals surface area (Å²) in [5.41, 5.74) is 0.0319. The van der Waals surface area contributed by atoms with Gasteiger partial charge in [-0.15, -0.1) is 5.12 Å². The summed E-state index contributed by atoms with van der Waals surface area (Å²) < 4.78 is 0. The Morgan fingerprint density at radius 1 is 1.21 bits per heavy atom. The number of hydrazone groups is 1. The molecule has 0 spiro atoms. The Hall–Kier alpha value is -1.36. The summed E-state index contributed by atoms with van der Waals surface area (Å²) in [6, 6.07) is 0. The fourth-order valence-electron chi connectivity index (χ4n) is 1.53. The maximum absolute atomic E-state index is 4.23. The Bertz CT molecular complexity index is 323. The minimum atomic E-state index is 0.0319. The van der Waals surface area contributed by atoms with E-state index in [1.807, 2.05) is 18.4 Å². The van der Waals surface area contributed by atoms with Crippen LogP contribution in [0.25, 0.3) is 0 Å². The highest BCUT2D eigenvalue weighted by Crippen LogP contribution is 2.28. The maximum Gasteiger partial charge on any atom is 0.186 e. The zero-order valence-electron chi connectivity index (χ0n) is 8.97. The van der Waals surface area contributed by atoms with Crippen molar-refractivity contribution in [1.82, 2.24) is 15.2 Å². The zero-order chi connectivity index (χ0) is 10.3. The van der Waals surface area contributed by atoms with Crippen molar-refractivity contribution in [1.29, 1.82) is 0 Å². The molecule has 0 aliphatic carbocycles. The fraction of sp³-hybridized carbons (Fsp3) is 0.556. The van der Waals surface area contributed by atoms with E-state index < -0.39 is 0 Å². The molecule has 0 radical (unpaired) electrons. The topological polar surface area (TPSA) is 34.4 Å². The van der Waals surface area contributed by atoms with Gasteiger partial charge in [-0.05, 0) is 20.8 Å². The molecule has 0 atom stereocenters. The Labute approximate surface area is 83.9 Å². The third kappa shape index (κ3) is 1.29. The van der Waals surface area contributed by atoms with Gasteiger partial charge in [0.15, 0.2) is 5.82 Å². The highest BCUT2D eigenvalue weighted by Gasteiger charge is 2.34. The summed E-state index contributed by atoms with van der Waals surface area (Å²) in [5, 5.41) is 10.0. The van der Waals surface area contributed by atoms with Crippen molar-refractivity contribution in [2.75, 3.05) is 7.05 Å². The first-order valence-electron chi connectivity index (χ1n) is 4.61. The van der Waals surface area contributed by atoms with Gasteiger partial charge in [-0.1, -0.05) is 0 Å². The average Bonchev–Trinajstić information content (AvgIpc) is 2.44. The van der Waals surface area contributed by atoms with Crippen LogP contribution in [-0.4, -0.2) is 40.3 Å². The molecule has 2 aliphatic heterocycles. The standard InChI is InChI=1S/C9H15N5/c1-9(2,3)13-7-8-10-5-6-11-14(8)12(13)4/h5-7H,1-4H3. The van der Waals surface area contributed by atoms with Gasteiger partial charge in [0, 0.05) is 18.8 Å². The van der Waals surface area contributed by atoms with Crippen molar-refractivity contribution in [3.05, 3.63) is 12.0 Å². The lowest BCUT2D eigenvalue weighted by atomic mass is 10.1. The average molecular weight is 193 g/mol. The molecule has 5 heteroatoms. The van der Waals surface area contributed by atoms with Gasteiger partial charge >= 0.3 is 0 Å². The smallest absolute Gasteiger partial charge is 0.186 e. The number of rotatable bonds is 0. The minimum Gasteiger partial charge on any atom is -0.285 e. The monoisotopic (exact) mass is 193 g/mol. The second-order valence-electron chi connectivity index (χ2n) is 4.32. The van der Waals surface area contributed by atoms with Crippen LogP contribution in [0.15, 0.2) is 22.1 Å². The van der Waals surface area contributed by atoms with E-state index in [2.05, 4.69) is 35.9 Å². The minimum absolute atomic E-state index is 0.0319. The van der Waals surface area contributed by atoms with Crippen LogP contribution in [-0.2, 0) is 0 Å². The van der Waals surface area contributed by atoms with Gasteiger partial charge < -0.3 is 0 Å². The van der Waals surface area contributed by atoms with Crippen molar-refractivity contribution in [2.24, 2.45) is 10.1 Å². The van der Waals surface area contributed by atoms with Gasteiger partial charge in [-0.3, -0.25) is 5.01 Å². The molecule has 0 unspecified atom stereocenters. The molecule has 0 aromatic heterocycles. The van der Waals surface area contributed by atoms with Crippen LogP contribution in [0.4, 0.5) is 0 Å². The molecule has 2 aliphatic rings. The predicted octanol–water partition coefficient (Wildman–Crippen LogP) is 1.03. The van der Waals surface area contributed by atoms with E-state index in [-0.39, 0.29) is 5.54 Å². The Morgan fingerprint density at radius 3 is 2.50 bits per heavy atom. The molecule has 0 aromatic carbocycles. The Kier molecular flexibility index (Phi) is 1.85. The summed E-state index contributed by atoms with van der Waals surface area (Å²) >= 11 is 0. The molecule has 0 aromatic rings. The number of aliphatic imine (C=N–C) groups is 1. The predicted molar refractivity (Wildman–Crippen MR) is 56.3 cm³/mol. The van der Waals surface area contributed by atoms with E-state index in [0.717, 1.165) is 5.82 Å². The van der Waals surface area contributed by atoms with Crippen LogP contribution in [0.3, 0.4) is 0 Å². The largest absolute Gasteiger partial charge is 0.285 e. The summed E-state index contributed by atoms with van der Waals surface area (Å²) in [4.78, 5) is 4.23. The molecule has 2 rings (SSSR count). The number of fused-ring (bicyclic) bond motifs is 1. The first-order valence-corrected chi connectivity index (χ1v) is 4.61. The van der Waals surface area contributed by atoms with E-state index in [4.69, 9.17) is 0 Å². The summed E-state index contributed by atoms with van der Waals surface area (Å²) in [5.74, 6) is 0.852. The molecule has 0 saturated carbocycles.